The molecule has 0 fully saturated rings. The van der Waals surface area contributed by atoms with Crippen molar-refractivity contribution >= 4 is 0 Å². The average Bonchev–Trinajstić information content (AvgIpc) is 2.99. The molecule has 0 bridgehead atoms. The van der Waals surface area contributed by atoms with Crippen LogP contribution in [0.3, 0.4) is 0 Å². The molecule has 3 rings (SSSR count). The monoisotopic (exact) mass is 296 g/mol. The number of halogens is 1. The highest BCUT2D eigenvalue weighted by Gasteiger charge is 2.18. The topological polar surface area (TPSA) is 37.9 Å². The van der Waals surface area contributed by atoms with Gasteiger partial charge in [-0.1, -0.05) is 37.3 Å². The number of nitrogens with zero attached hydrogens (tertiary/aromatic N) is 1. The SMILES string of the molecule is CCc1[nH]nc(-c2ccc(OC)cc2F)c1-c1ccccc1. The zero-order valence-corrected chi connectivity index (χ0v) is 12.6. The minimum Gasteiger partial charge on any atom is -0.497 e. The molecular formula is C18H17FN2O. The maximum atomic E-state index is 14.4. The zero-order valence-electron chi connectivity index (χ0n) is 12.6. The molecule has 1 N–H and O–H groups in total. The second kappa shape index (κ2) is 6.02. The van der Waals surface area contributed by atoms with Gasteiger partial charge in [-0.05, 0) is 24.1 Å². The number of aromatic nitrogens is 2. The third kappa shape index (κ3) is 2.48. The largest absolute Gasteiger partial charge is 0.497 e. The van der Waals surface area contributed by atoms with Crippen LogP contribution in [-0.2, 0) is 6.42 Å². The van der Waals surface area contributed by atoms with Crippen LogP contribution in [-0.4, -0.2) is 17.3 Å². The minimum absolute atomic E-state index is 0.342. The first-order chi connectivity index (χ1) is 10.7. The van der Waals surface area contributed by atoms with Crippen molar-refractivity contribution in [2.75, 3.05) is 7.11 Å². The van der Waals surface area contributed by atoms with E-state index in [2.05, 4.69) is 10.2 Å². The highest BCUT2D eigenvalue weighted by atomic mass is 19.1. The molecule has 0 amide bonds. The predicted octanol–water partition coefficient (Wildman–Crippen LogP) is 4.45. The van der Waals surface area contributed by atoms with Gasteiger partial charge in [0.2, 0.25) is 0 Å². The second-order valence-electron chi connectivity index (χ2n) is 4.99. The Morgan fingerprint density at radius 3 is 2.55 bits per heavy atom. The Kier molecular flexibility index (Phi) is 3.92. The van der Waals surface area contributed by atoms with Crippen LogP contribution in [0, 0.1) is 5.82 Å². The Labute approximate surface area is 128 Å². The molecule has 0 saturated heterocycles. The van der Waals surface area contributed by atoms with Gasteiger partial charge in [0.15, 0.2) is 0 Å². The number of aryl methyl sites for hydroxylation is 1. The number of aromatic amines is 1. The molecule has 22 heavy (non-hydrogen) atoms. The number of hydrogen-bond donors (Lipinski definition) is 1. The summed E-state index contributed by atoms with van der Waals surface area (Å²) in [6.07, 6.45) is 0.801. The molecule has 0 aliphatic carbocycles. The van der Waals surface area contributed by atoms with Crippen molar-refractivity contribution in [2.24, 2.45) is 0 Å². The lowest BCUT2D eigenvalue weighted by atomic mass is 9.98. The van der Waals surface area contributed by atoms with Crippen molar-refractivity contribution in [2.45, 2.75) is 13.3 Å². The fourth-order valence-electron chi connectivity index (χ4n) is 2.56. The summed E-state index contributed by atoms with van der Waals surface area (Å²) >= 11 is 0. The van der Waals surface area contributed by atoms with Crippen LogP contribution in [0.5, 0.6) is 5.75 Å². The van der Waals surface area contributed by atoms with Gasteiger partial charge < -0.3 is 4.74 Å². The summed E-state index contributed by atoms with van der Waals surface area (Å²) in [7, 11) is 1.52. The third-order valence-electron chi connectivity index (χ3n) is 3.69. The van der Waals surface area contributed by atoms with Gasteiger partial charge in [0.1, 0.15) is 17.3 Å². The highest BCUT2D eigenvalue weighted by Crippen LogP contribution is 2.35. The molecule has 112 valence electrons. The quantitative estimate of drug-likeness (QED) is 0.772. The molecule has 0 saturated carbocycles. The fraction of sp³-hybridized carbons (Fsp3) is 0.167. The van der Waals surface area contributed by atoms with E-state index in [9.17, 15) is 4.39 Å². The number of benzene rings is 2. The van der Waals surface area contributed by atoms with Crippen molar-refractivity contribution in [3.05, 3.63) is 60.0 Å². The summed E-state index contributed by atoms with van der Waals surface area (Å²) in [5.41, 5.74) is 4.07. The zero-order chi connectivity index (χ0) is 15.5. The Morgan fingerprint density at radius 1 is 1.14 bits per heavy atom. The molecule has 0 aliphatic rings. The summed E-state index contributed by atoms with van der Waals surface area (Å²) in [4.78, 5) is 0. The second-order valence-corrected chi connectivity index (χ2v) is 4.99. The van der Waals surface area contributed by atoms with Gasteiger partial charge in [0.25, 0.3) is 0 Å². The summed E-state index contributed by atoms with van der Waals surface area (Å²) in [6.45, 7) is 2.05. The van der Waals surface area contributed by atoms with Gasteiger partial charge in [-0.15, -0.1) is 0 Å². The number of ether oxygens (including phenoxy) is 1. The molecule has 3 nitrogen and oxygen atoms in total. The van der Waals surface area contributed by atoms with E-state index >= 15 is 0 Å². The van der Waals surface area contributed by atoms with E-state index in [0.29, 0.717) is 17.0 Å². The van der Waals surface area contributed by atoms with E-state index in [1.165, 1.54) is 13.2 Å². The van der Waals surface area contributed by atoms with Crippen molar-refractivity contribution < 1.29 is 9.13 Å². The van der Waals surface area contributed by atoms with Gasteiger partial charge >= 0.3 is 0 Å². The standard InChI is InChI=1S/C18H17FN2O/c1-3-16-17(12-7-5-4-6-8-12)18(21-20-16)14-10-9-13(22-2)11-15(14)19/h4-11H,3H2,1-2H3,(H,20,21). The molecule has 0 radical (unpaired) electrons. The molecule has 1 aromatic heterocycles. The fourth-order valence-corrected chi connectivity index (χ4v) is 2.56. The van der Waals surface area contributed by atoms with Crippen molar-refractivity contribution in [3.63, 3.8) is 0 Å². The summed E-state index contributed by atoms with van der Waals surface area (Å²) < 4.78 is 19.5. The van der Waals surface area contributed by atoms with Crippen molar-refractivity contribution in [1.82, 2.24) is 10.2 Å². The van der Waals surface area contributed by atoms with Gasteiger partial charge in [-0.2, -0.15) is 5.10 Å². The Morgan fingerprint density at radius 2 is 1.91 bits per heavy atom. The lowest BCUT2D eigenvalue weighted by Gasteiger charge is -2.07. The molecule has 0 unspecified atom stereocenters. The van der Waals surface area contributed by atoms with Gasteiger partial charge in [0, 0.05) is 22.9 Å². The van der Waals surface area contributed by atoms with Crippen LogP contribution in [0.1, 0.15) is 12.6 Å². The number of nitrogens with one attached hydrogen (secondary N) is 1. The first-order valence-corrected chi connectivity index (χ1v) is 7.21. The van der Waals surface area contributed by atoms with Crippen LogP contribution in [0.2, 0.25) is 0 Å². The maximum absolute atomic E-state index is 14.4. The van der Waals surface area contributed by atoms with E-state index in [0.717, 1.165) is 23.2 Å². The van der Waals surface area contributed by atoms with Crippen LogP contribution >= 0.6 is 0 Å². The van der Waals surface area contributed by atoms with E-state index in [1.54, 1.807) is 12.1 Å². The Bertz CT molecular complexity index is 781. The van der Waals surface area contributed by atoms with Gasteiger partial charge in [-0.3, -0.25) is 5.10 Å². The van der Waals surface area contributed by atoms with Crippen molar-refractivity contribution in [3.8, 4) is 28.1 Å². The van der Waals surface area contributed by atoms with Crippen LogP contribution in [0.25, 0.3) is 22.4 Å². The maximum Gasteiger partial charge on any atom is 0.136 e. The minimum atomic E-state index is -0.342. The van der Waals surface area contributed by atoms with E-state index < -0.39 is 0 Å². The smallest absolute Gasteiger partial charge is 0.136 e. The summed E-state index contributed by atoms with van der Waals surface area (Å²) in [5, 5.41) is 7.37. The van der Waals surface area contributed by atoms with Gasteiger partial charge in [-0.25, -0.2) is 4.39 Å². The average molecular weight is 296 g/mol. The molecular weight excluding hydrogens is 279 g/mol. The highest BCUT2D eigenvalue weighted by molar-refractivity contribution is 5.83. The van der Waals surface area contributed by atoms with Crippen LogP contribution < -0.4 is 4.74 Å². The number of rotatable bonds is 4. The third-order valence-corrected chi connectivity index (χ3v) is 3.69. The first kappa shape index (κ1) is 14.3. The van der Waals surface area contributed by atoms with Crippen LogP contribution in [0.4, 0.5) is 4.39 Å². The normalized spacial score (nSPS) is 10.7. The van der Waals surface area contributed by atoms with E-state index in [1.807, 2.05) is 37.3 Å². The van der Waals surface area contributed by atoms with E-state index in [4.69, 9.17) is 4.74 Å². The lowest BCUT2D eigenvalue weighted by Crippen LogP contribution is -1.91. The predicted molar refractivity (Wildman–Crippen MR) is 85.3 cm³/mol. The summed E-state index contributed by atoms with van der Waals surface area (Å²) in [5.74, 6) is 0.152. The summed E-state index contributed by atoms with van der Waals surface area (Å²) in [6, 6.07) is 14.7. The number of hydrogen-bond acceptors (Lipinski definition) is 2. The van der Waals surface area contributed by atoms with Gasteiger partial charge in [0.05, 0.1) is 7.11 Å². The van der Waals surface area contributed by atoms with Crippen LogP contribution in [0.15, 0.2) is 48.5 Å². The molecule has 2 aromatic carbocycles. The molecule has 0 atom stereocenters. The van der Waals surface area contributed by atoms with E-state index in [-0.39, 0.29) is 5.82 Å². The molecule has 1 heterocycles. The number of H-pyrrole nitrogens is 1. The first-order valence-electron chi connectivity index (χ1n) is 7.21. The Balaban J connectivity index is 2.18. The number of methoxy groups -OCH3 is 1. The molecule has 0 aliphatic heterocycles. The Hall–Kier alpha value is -2.62. The van der Waals surface area contributed by atoms with Crippen molar-refractivity contribution in [1.29, 1.82) is 0 Å². The molecule has 0 spiro atoms. The molecule has 3 aromatic rings. The lowest BCUT2D eigenvalue weighted by molar-refractivity contribution is 0.411. The molecule has 4 heteroatoms.